The summed E-state index contributed by atoms with van der Waals surface area (Å²) in [6, 6.07) is 0. The highest BCUT2D eigenvalue weighted by atomic mass is 16.6. The number of hydrogen-bond donors (Lipinski definition) is 0. The summed E-state index contributed by atoms with van der Waals surface area (Å²) in [5.74, 6) is -1.47. The highest BCUT2D eigenvalue weighted by molar-refractivity contribution is 6.07. The molecule has 0 bridgehead atoms. The highest BCUT2D eigenvalue weighted by Crippen LogP contribution is 2.33. The predicted octanol–water partition coefficient (Wildman–Crippen LogP) is 0.462. The molecule has 1 saturated heterocycles. The van der Waals surface area contributed by atoms with Gasteiger partial charge in [-0.1, -0.05) is 6.92 Å². The summed E-state index contributed by atoms with van der Waals surface area (Å²) in [7, 11) is 0. The predicted molar refractivity (Wildman–Crippen MR) is 49.9 cm³/mol. The zero-order valence-corrected chi connectivity index (χ0v) is 8.87. The van der Waals surface area contributed by atoms with E-state index in [9.17, 15) is 14.4 Å². The zero-order chi connectivity index (χ0) is 11.5. The van der Waals surface area contributed by atoms with Gasteiger partial charge in [-0.05, 0) is 6.92 Å². The van der Waals surface area contributed by atoms with E-state index < -0.39 is 17.4 Å². The number of cyclic esters (lactones) is 1. The lowest BCUT2D eigenvalue weighted by Gasteiger charge is -2.20. The fourth-order valence-corrected chi connectivity index (χ4v) is 1.58. The molecule has 0 spiro atoms. The largest absolute Gasteiger partial charge is 0.465 e. The number of hydrogen-bond acceptors (Lipinski definition) is 5. The Morgan fingerprint density at radius 1 is 1.47 bits per heavy atom. The summed E-state index contributed by atoms with van der Waals surface area (Å²) in [5, 5.41) is 0. The lowest BCUT2D eigenvalue weighted by molar-refractivity contribution is -0.160. The smallest absolute Gasteiger partial charge is 0.323 e. The van der Waals surface area contributed by atoms with Gasteiger partial charge in [0.05, 0.1) is 13.0 Å². The van der Waals surface area contributed by atoms with Crippen LogP contribution >= 0.6 is 0 Å². The Morgan fingerprint density at radius 2 is 2.13 bits per heavy atom. The van der Waals surface area contributed by atoms with Gasteiger partial charge in [0.2, 0.25) is 0 Å². The first-order valence-corrected chi connectivity index (χ1v) is 4.93. The summed E-state index contributed by atoms with van der Waals surface area (Å²) >= 11 is 0. The van der Waals surface area contributed by atoms with Crippen molar-refractivity contribution in [2.45, 2.75) is 26.7 Å². The van der Waals surface area contributed by atoms with Crippen molar-refractivity contribution in [2.75, 3.05) is 13.2 Å². The van der Waals surface area contributed by atoms with E-state index in [4.69, 9.17) is 9.47 Å². The van der Waals surface area contributed by atoms with Gasteiger partial charge in [0.25, 0.3) is 0 Å². The van der Waals surface area contributed by atoms with Crippen LogP contribution in [0.15, 0.2) is 0 Å². The molecule has 0 N–H and O–H groups in total. The Morgan fingerprint density at radius 3 is 2.53 bits per heavy atom. The molecule has 1 rings (SSSR count). The van der Waals surface area contributed by atoms with Crippen molar-refractivity contribution in [3.63, 3.8) is 0 Å². The Kier molecular flexibility index (Phi) is 3.44. The molecule has 0 saturated carbocycles. The summed E-state index contributed by atoms with van der Waals surface area (Å²) in [6.45, 7) is 3.30. The van der Waals surface area contributed by atoms with E-state index in [0.717, 1.165) is 0 Å². The van der Waals surface area contributed by atoms with E-state index in [2.05, 4.69) is 0 Å². The minimum Gasteiger partial charge on any atom is -0.465 e. The van der Waals surface area contributed by atoms with E-state index >= 15 is 0 Å². The van der Waals surface area contributed by atoms with Crippen molar-refractivity contribution in [3.8, 4) is 0 Å². The van der Waals surface area contributed by atoms with Crippen LogP contribution in [-0.2, 0) is 23.9 Å². The second-order valence-electron chi connectivity index (χ2n) is 3.42. The van der Waals surface area contributed by atoms with E-state index in [-0.39, 0.29) is 31.8 Å². The van der Waals surface area contributed by atoms with Gasteiger partial charge in [-0.2, -0.15) is 0 Å². The van der Waals surface area contributed by atoms with Crippen LogP contribution in [0, 0.1) is 5.41 Å². The zero-order valence-electron chi connectivity index (χ0n) is 8.87. The molecule has 0 aliphatic carbocycles. The van der Waals surface area contributed by atoms with Gasteiger partial charge in [0, 0.05) is 6.42 Å². The molecule has 0 radical (unpaired) electrons. The molecule has 15 heavy (non-hydrogen) atoms. The fourth-order valence-electron chi connectivity index (χ4n) is 1.58. The Balaban J connectivity index is 2.92. The highest BCUT2D eigenvalue weighted by Gasteiger charge is 2.53. The number of carbonyl (C=O) groups is 3. The van der Waals surface area contributed by atoms with Crippen LogP contribution in [0.2, 0.25) is 0 Å². The Labute approximate surface area is 87.7 Å². The first kappa shape index (κ1) is 11.7. The molecular weight excluding hydrogens is 200 g/mol. The van der Waals surface area contributed by atoms with Crippen molar-refractivity contribution in [3.05, 3.63) is 0 Å². The lowest BCUT2D eigenvalue weighted by atomic mass is 9.81. The van der Waals surface area contributed by atoms with Crippen LogP contribution in [0.5, 0.6) is 0 Å². The van der Waals surface area contributed by atoms with Gasteiger partial charge in [-0.3, -0.25) is 14.4 Å². The maximum Gasteiger partial charge on any atom is 0.323 e. The van der Waals surface area contributed by atoms with Gasteiger partial charge in [0.1, 0.15) is 6.61 Å². The first-order valence-electron chi connectivity index (χ1n) is 4.93. The van der Waals surface area contributed by atoms with Crippen molar-refractivity contribution < 1.29 is 23.9 Å². The molecule has 1 fully saturated rings. The molecule has 0 aromatic carbocycles. The lowest BCUT2D eigenvalue weighted by Crippen LogP contribution is -2.41. The molecule has 1 aliphatic heterocycles. The number of rotatable bonds is 4. The van der Waals surface area contributed by atoms with Crippen molar-refractivity contribution >= 4 is 17.7 Å². The van der Waals surface area contributed by atoms with Gasteiger partial charge in [0.15, 0.2) is 11.2 Å². The third-order valence-corrected chi connectivity index (χ3v) is 2.45. The van der Waals surface area contributed by atoms with Crippen molar-refractivity contribution in [2.24, 2.45) is 5.41 Å². The maximum atomic E-state index is 11.7. The first-order chi connectivity index (χ1) is 7.06. The number of esters is 2. The minimum atomic E-state index is -1.39. The van der Waals surface area contributed by atoms with Gasteiger partial charge in [-0.25, -0.2) is 0 Å². The summed E-state index contributed by atoms with van der Waals surface area (Å²) in [4.78, 5) is 34.3. The SMILES string of the molecule is CCOC(=O)C1(C(=O)CC)COC(=O)C1. The Hall–Kier alpha value is -1.39. The quantitative estimate of drug-likeness (QED) is 0.502. The third kappa shape index (κ3) is 2.00. The second-order valence-corrected chi connectivity index (χ2v) is 3.42. The van der Waals surface area contributed by atoms with Gasteiger partial charge in [-0.15, -0.1) is 0 Å². The molecule has 0 amide bonds. The molecule has 1 atom stereocenters. The van der Waals surface area contributed by atoms with Crippen LogP contribution in [0.25, 0.3) is 0 Å². The van der Waals surface area contributed by atoms with Crippen LogP contribution in [-0.4, -0.2) is 30.9 Å². The molecule has 1 heterocycles. The van der Waals surface area contributed by atoms with E-state index in [1.807, 2.05) is 0 Å². The summed E-state index contributed by atoms with van der Waals surface area (Å²) in [5.41, 5.74) is -1.39. The van der Waals surface area contributed by atoms with E-state index in [0.29, 0.717) is 0 Å². The van der Waals surface area contributed by atoms with Crippen molar-refractivity contribution in [1.82, 2.24) is 0 Å². The fraction of sp³-hybridized carbons (Fsp3) is 0.700. The van der Waals surface area contributed by atoms with Crippen molar-refractivity contribution in [1.29, 1.82) is 0 Å². The second kappa shape index (κ2) is 4.42. The summed E-state index contributed by atoms with van der Waals surface area (Å²) in [6.07, 6.45) is -0.00599. The van der Waals surface area contributed by atoms with E-state index in [1.54, 1.807) is 13.8 Å². The van der Waals surface area contributed by atoms with Gasteiger partial charge >= 0.3 is 11.9 Å². The van der Waals surface area contributed by atoms with Crippen LogP contribution in [0.3, 0.4) is 0 Å². The number of ether oxygens (including phenoxy) is 2. The molecule has 5 nitrogen and oxygen atoms in total. The van der Waals surface area contributed by atoms with Gasteiger partial charge < -0.3 is 9.47 Å². The Bertz CT molecular complexity index is 296. The molecule has 1 unspecified atom stereocenters. The molecule has 1 aliphatic rings. The third-order valence-electron chi connectivity index (χ3n) is 2.45. The average Bonchev–Trinajstić information content (AvgIpc) is 2.61. The topological polar surface area (TPSA) is 69.7 Å². The molecule has 84 valence electrons. The monoisotopic (exact) mass is 214 g/mol. The standard InChI is InChI=1S/C10H14O5/c1-3-7(11)10(9(13)14-4-2)5-8(12)15-6-10/h3-6H2,1-2H3. The molecule has 5 heteroatoms. The normalized spacial score (nSPS) is 24.8. The maximum absolute atomic E-state index is 11.7. The summed E-state index contributed by atoms with van der Waals surface area (Å²) < 4.78 is 9.51. The molecule has 0 aromatic rings. The van der Waals surface area contributed by atoms with E-state index in [1.165, 1.54) is 0 Å². The molecule has 0 aromatic heterocycles. The number of Topliss-reactive ketones (excluding diaryl/α,β-unsaturated/α-hetero) is 1. The van der Waals surface area contributed by atoms with Crippen LogP contribution in [0.1, 0.15) is 26.7 Å². The number of ketones is 1. The number of carbonyl (C=O) groups excluding carboxylic acids is 3. The minimum absolute atomic E-state index is 0.183. The van der Waals surface area contributed by atoms with Crippen LogP contribution in [0.4, 0.5) is 0 Å². The van der Waals surface area contributed by atoms with Crippen LogP contribution < -0.4 is 0 Å². The molecular formula is C10H14O5. The average molecular weight is 214 g/mol.